The molecular formula is C12H20ClN3O. The highest BCUT2D eigenvalue weighted by atomic mass is 35.5. The summed E-state index contributed by atoms with van der Waals surface area (Å²) < 4.78 is 1.90. The second-order valence-electron chi connectivity index (χ2n) is 4.81. The lowest BCUT2D eigenvalue weighted by molar-refractivity contribution is 0.00913. The summed E-state index contributed by atoms with van der Waals surface area (Å²) in [5.41, 5.74) is 1.19. The van der Waals surface area contributed by atoms with Gasteiger partial charge in [0.05, 0.1) is 22.0 Å². The lowest BCUT2D eigenvalue weighted by Gasteiger charge is -2.32. The fourth-order valence-corrected chi connectivity index (χ4v) is 2.62. The van der Waals surface area contributed by atoms with Crippen LogP contribution in [-0.2, 0) is 13.0 Å². The first-order valence-corrected chi connectivity index (χ1v) is 6.58. The van der Waals surface area contributed by atoms with E-state index in [0.29, 0.717) is 11.4 Å². The Labute approximate surface area is 107 Å². The Balaban J connectivity index is 2.22. The molecule has 96 valence electrons. The van der Waals surface area contributed by atoms with E-state index >= 15 is 0 Å². The lowest BCUT2D eigenvalue weighted by atomic mass is 9.87. The maximum atomic E-state index is 10.5. The summed E-state index contributed by atoms with van der Waals surface area (Å²) in [7, 11) is 0. The Morgan fingerprint density at radius 3 is 2.71 bits per heavy atom. The van der Waals surface area contributed by atoms with Crippen molar-refractivity contribution >= 4 is 11.6 Å². The lowest BCUT2D eigenvalue weighted by Crippen LogP contribution is -2.43. The zero-order valence-corrected chi connectivity index (χ0v) is 11.2. The van der Waals surface area contributed by atoms with Gasteiger partial charge in [-0.3, -0.25) is 4.68 Å². The molecule has 0 radical (unpaired) electrons. The standard InChI is InChI=1S/C12H20ClN3O/c1-3-16-10(11(13)9(2)15-16)8-12(17)4-6-14-7-5-12/h14,17H,3-8H2,1-2H3. The number of aliphatic hydroxyl groups is 1. The molecule has 0 unspecified atom stereocenters. The minimum absolute atomic E-state index is 0.599. The summed E-state index contributed by atoms with van der Waals surface area (Å²) in [5, 5.41) is 18.9. The van der Waals surface area contributed by atoms with Gasteiger partial charge in [-0.25, -0.2) is 0 Å². The summed E-state index contributed by atoms with van der Waals surface area (Å²) >= 11 is 6.26. The van der Waals surface area contributed by atoms with Gasteiger partial charge in [-0.1, -0.05) is 11.6 Å². The molecule has 2 rings (SSSR count). The molecule has 0 bridgehead atoms. The van der Waals surface area contributed by atoms with Gasteiger partial charge in [0, 0.05) is 13.0 Å². The normalized spacial score (nSPS) is 19.5. The number of nitrogens with one attached hydrogen (secondary N) is 1. The maximum absolute atomic E-state index is 10.5. The van der Waals surface area contributed by atoms with Crippen molar-refractivity contribution in [2.75, 3.05) is 13.1 Å². The number of hydrogen-bond acceptors (Lipinski definition) is 3. The van der Waals surface area contributed by atoms with Crippen molar-refractivity contribution in [3.8, 4) is 0 Å². The molecule has 1 saturated heterocycles. The maximum Gasteiger partial charge on any atom is 0.0848 e. The highest BCUT2D eigenvalue weighted by Crippen LogP contribution is 2.28. The first kappa shape index (κ1) is 12.9. The molecule has 2 heterocycles. The molecule has 17 heavy (non-hydrogen) atoms. The van der Waals surface area contributed by atoms with E-state index < -0.39 is 5.60 Å². The largest absolute Gasteiger partial charge is 0.389 e. The van der Waals surface area contributed by atoms with Crippen molar-refractivity contribution in [3.63, 3.8) is 0 Å². The van der Waals surface area contributed by atoms with Crippen LogP contribution in [0.1, 0.15) is 31.2 Å². The van der Waals surface area contributed by atoms with Crippen molar-refractivity contribution in [1.29, 1.82) is 0 Å². The topological polar surface area (TPSA) is 50.1 Å². The van der Waals surface area contributed by atoms with Crippen LogP contribution >= 0.6 is 11.6 Å². The Morgan fingerprint density at radius 2 is 2.12 bits per heavy atom. The predicted octanol–water partition coefficient (Wildman–Crippen LogP) is 1.52. The summed E-state index contributed by atoms with van der Waals surface area (Å²) in [6.45, 7) is 6.47. The van der Waals surface area contributed by atoms with Gasteiger partial charge in [0.2, 0.25) is 0 Å². The van der Waals surface area contributed by atoms with Gasteiger partial charge in [-0.15, -0.1) is 0 Å². The van der Waals surface area contributed by atoms with Crippen LogP contribution in [0, 0.1) is 6.92 Å². The quantitative estimate of drug-likeness (QED) is 0.863. The molecule has 1 fully saturated rings. The van der Waals surface area contributed by atoms with Crippen LogP contribution in [0.2, 0.25) is 5.02 Å². The smallest absolute Gasteiger partial charge is 0.0848 e. The number of rotatable bonds is 3. The molecule has 5 heteroatoms. The van der Waals surface area contributed by atoms with Gasteiger partial charge in [0.1, 0.15) is 0 Å². The monoisotopic (exact) mass is 257 g/mol. The van der Waals surface area contributed by atoms with Crippen LogP contribution in [0.15, 0.2) is 0 Å². The molecule has 4 nitrogen and oxygen atoms in total. The first-order valence-electron chi connectivity index (χ1n) is 6.20. The zero-order valence-electron chi connectivity index (χ0n) is 10.5. The van der Waals surface area contributed by atoms with Crippen molar-refractivity contribution in [2.24, 2.45) is 0 Å². The molecule has 0 aliphatic carbocycles. The van der Waals surface area contributed by atoms with Gasteiger partial charge in [-0.05, 0) is 39.8 Å². The van der Waals surface area contributed by atoms with Crippen LogP contribution in [-0.4, -0.2) is 33.6 Å². The Hall–Kier alpha value is -0.580. The summed E-state index contributed by atoms with van der Waals surface area (Å²) in [5.74, 6) is 0. The van der Waals surface area contributed by atoms with Crippen LogP contribution in [0.25, 0.3) is 0 Å². The van der Waals surface area contributed by atoms with E-state index in [4.69, 9.17) is 11.6 Å². The van der Waals surface area contributed by atoms with E-state index in [9.17, 15) is 5.11 Å². The molecular weight excluding hydrogens is 238 g/mol. The number of nitrogens with zero attached hydrogens (tertiary/aromatic N) is 2. The Bertz CT molecular complexity index is 397. The highest BCUT2D eigenvalue weighted by Gasteiger charge is 2.31. The third-order valence-electron chi connectivity index (χ3n) is 3.48. The Kier molecular flexibility index (Phi) is 3.76. The van der Waals surface area contributed by atoms with Crippen molar-refractivity contribution in [3.05, 3.63) is 16.4 Å². The molecule has 0 aromatic carbocycles. The molecule has 0 spiro atoms. The summed E-state index contributed by atoms with van der Waals surface area (Å²) in [6.07, 6.45) is 2.15. The SMILES string of the molecule is CCn1nc(C)c(Cl)c1CC1(O)CCNCC1. The fourth-order valence-electron chi connectivity index (χ4n) is 2.42. The number of halogens is 1. The van der Waals surface area contributed by atoms with Gasteiger partial charge < -0.3 is 10.4 Å². The minimum Gasteiger partial charge on any atom is -0.389 e. The zero-order chi connectivity index (χ0) is 12.5. The Morgan fingerprint density at radius 1 is 1.47 bits per heavy atom. The molecule has 1 aromatic rings. The van der Waals surface area contributed by atoms with Gasteiger partial charge in [0.25, 0.3) is 0 Å². The van der Waals surface area contributed by atoms with E-state index in [0.717, 1.165) is 43.9 Å². The third kappa shape index (κ3) is 2.64. The minimum atomic E-state index is -0.631. The van der Waals surface area contributed by atoms with E-state index in [1.165, 1.54) is 0 Å². The highest BCUT2D eigenvalue weighted by molar-refractivity contribution is 6.31. The molecule has 0 saturated carbocycles. The summed E-state index contributed by atoms with van der Waals surface area (Å²) in [4.78, 5) is 0. The second kappa shape index (κ2) is 4.96. The van der Waals surface area contributed by atoms with Crippen molar-refractivity contribution in [2.45, 2.75) is 45.3 Å². The molecule has 1 aromatic heterocycles. The van der Waals surface area contributed by atoms with Crippen LogP contribution < -0.4 is 5.32 Å². The van der Waals surface area contributed by atoms with E-state index in [2.05, 4.69) is 10.4 Å². The van der Waals surface area contributed by atoms with Crippen LogP contribution in [0.5, 0.6) is 0 Å². The average Bonchev–Trinajstić information content (AvgIpc) is 2.57. The molecule has 0 amide bonds. The van der Waals surface area contributed by atoms with Crippen molar-refractivity contribution in [1.82, 2.24) is 15.1 Å². The number of aryl methyl sites for hydroxylation is 2. The van der Waals surface area contributed by atoms with Gasteiger partial charge >= 0.3 is 0 Å². The molecule has 1 aliphatic heterocycles. The van der Waals surface area contributed by atoms with Gasteiger partial charge in [0.15, 0.2) is 0 Å². The molecule has 1 aliphatic rings. The van der Waals surface area contributed by atoms with Crippen LogP contribution in [0.4, 0.5) is 0 Å². The summed E-state index contributed by atoms with van der Waals surface area (Å²) in [6, 6.07) is 0. The van der Waals surface area contributed by atoms with Gasteiger partial charge in [-0.2, -0.15) is 5.10 Å². The number of hydrogen-bond donors (Lipinski definition) is 2. The fraction of sp³-hybridized carbons (Fsp3) is 0.750. The molecule has 0 atom stereocenters. The van der Waals surface area contributed by atoms with E-state index in [-0.39, 0.29) is 0 Å². The predicted molar refractivity (Wildman–Crippen MR) is 68.4 cm³/mol. The number of piperidine rings is 1. The van der Waals surface area contributed by atoms with Crippen molar-refractivity contribution < 1.29 is 5.11 Å². The van der Waals surface area contributed by atoms with E-state index in [1.54, 1.807) is 0 Å². The first-order chi connectivity index (χ1) is 8.06. The van der Waals surface area contributed by atoms with Crippen LogP contribution in [0.3, 0.4) is 0 Å². The third-order valence-corrected chi connectivity index (χ3v) is 3.98. The number of aromatic nitrogens is 2. The van der Waals surface area contributed by atoms with E-state index in [1.807, 2.05) is 18.5 Å². The second-order valence-corrected chi connectivity index (χ2v) is 5.19. The molecule has 2 N–H and O–H groups in total. The average molecular weight is 258 g/mol.